The molecule has 0 spiro atoms. The van der Waals surface area contributed by atoms with E-state index in [0.29, 0.717) is 13.0 Å². The van der Waals surface area contributed by atoms with Gasteiger partial charge >= 0.3 is 0 Å². The Hall–Kier alpha value is -1.18. The van der Waals surface area contributed by atoms with Crippen LogP contribution in [-0.4, -0.2) is 51.9 Å². The van der Waals surface area contributed by atoms with Crippen molar-refractivity contribution in [3.8, 4) is 0 Å². The number of nitrogens with zero attached hydrogens (tertiary/aromatic N) is 2. The topological polar surface area (TPSA) is 66.6 Å². The van der Waals surface area contributed by atoms with Crippen molar-refractivity contribution in [1.82, 2.24) is 9.21 Å². The van der Waals surface area contributed by atoms with Crippen LogP contribution in [0.5, 0.6) is 0 Å². The third kappa shape index (κ3) is 3.89. The summed E-state index contributed by atoms with van der Waals surface area (Å²) in [5.41, 5.74) is 5.16. The minimum atomic E-state index is -3.74. The number of nitrogen functional groups attached to an aromatic ring is 1. The van der Waals surface area contributed by atoms with E-state index in [0.717, 1.165) is 12.6 Å². The van der Waals surface area contributed by atoms with Gasteiger partial charge in [0.1, 0.15) is 10.7 Å². The highest BCUT2D eigenvalue weighted by Crippen LogP contribution is 2.23. The van der Waals surface area contributed by atoms with Crippen LogP contribution in [0.15, 0.2) is 23.1 Å². The first-order valence-corrected chi connectivity index (χ1v) is 7.36. The van der Waals surface area contributed by atoms with Gasteiger partial charge in [-0.25, -0.2) is 17.1 Å². The van der Waals surface area contributed by atoms with Crippen LogP contribution in [0.25, 0.3) is 0 Å². The lowest BCUT2D eigenvalue weighted by molar-refractivity contribution is 0.370. The molecule has 0 atom stereocenters. The van der Waals surface area contributed by atoms with E-state index in [4.69, 9.17) is 5.73 Å². The molecule has 0 radical (unpaired) electrons. The number of sulfonamides is 1. The maximum Gasteiger partial charge on any atom is 0.244 e. The van der Waals surface area contributed by atoms with Crippen molar-refractivity contribution in [2.45, 2.75) is 11.3 Å². The molecule has 0 aromatic heterocycles. The second-order valence-corrected chi connectivity index (χ2v) is 6.65. The average Bonchev–Trinajstić information content (AvgIpc) is 2.31. The Labute approximate surface area is 113 Å². The number of hydrogen-bond donors (Lipinski definition) is 1. The van der Waals surface area contributed by atoms with Crippen molar-refractivity contribution in [1.29, 1.82) is 0 Å². The van der Waals surface area contributed by atoms with Gasteiger partial charge in [0, 0.05) is 13.6 Å². The van der Waals surface area contributed by atoms with E-state index in [9.17, 15) is 12.8 Å². The molecule has 0 heterocycles. The van der Waals surface area contributed by atoms with Crippen LogP contribution in [0.2, 0.25) is 0 Å². The van der Waals surface area contributed by atoms with Gasteiger partial charge in [0.25, 0.3) is 0 Å². The first-order valence-electron chi connectivity index (χ1n) is 5.92. The molecule has 19 heavy (non-hydrogen) atoms. The molecule has 0 aliphatic rings. The molecule has 0 bridgehead atoms. The van der Waals surface area contributed by atoms with Crippen molar-refractivity contribution >= 4 is 15.7 Å². The van der Waals surface area contributed by atoms with E-state index in [-0.39, 0.29) is 10.6 Å². The number of nitrogens with two attached hydrogens (primary N) is 1. The summed E-state index contributed by atoms with van der Waals surface area (Å²) in [4.78, 5) is 1.79. The number of hydrogen-bond acceptors (Lipinski definition) is 4. The zero-order valence-corrected chi connectivity index (χ0v) is 12.2. The zero-order valence-electron chi connectivity index (χ0n) is 11.4. The van der Waals surface area contributed by atoms with Crippen LogP contribution in [0.4, 0.5) is 10.1 Å². The van der Waals surface area contributed by atoms with Crippen LogP contribution in [0, 0.1) is 5.82 Å². The summed E-state index contributed by atoms with van der Waals surface area (Å²) in [7, 11) is 1.56. The molecule has 1 rings (SSSR count). The Morgan fingerprint density at radius 2 is 1.84 bits per heavy atom. The molecule has 0 saturated carbocycles. The summed E-state index contributed by atoms with van der Waals surface area (Å²) in [5, 5.41) is 0. The number of halogens is 1. The fraction of sp³-hybridized carbons (Fsp3) is 0.500. The highest BCUT2D eigenvalue weighted by atomic mass is 32.2. The predicted octanol–water partition coefficient (Wildman–Crippen LogP) is 0.980. The van der Waals surface area contributed by atoms with E-state index in [1.54, 1.807) is 0 Å². The maximum absolute atomic E-state index is 13.3. The third-order valence-electron chi connectivity index (χ3n) is 2.78. The summed E-state index contributed by atoms with van der Waals surface area (Å²) in [6.45, 7) is 1.13. The molecule has 0 aliphatic carbocycles. The van der Waals surface area contributed by atoms with Crippen LogP contribution in [0.1, 0.15) is 6.42 Å². The van der Waals surface area contributed by atoms with Gasteiger partial charge in [-0.15, -0.1) is 0 Å². The highest BCUT2D eigenvalue weighted by Gasteiger charge is 2.24. The monoisotopic (exact) mass is 289 g/mol. The Bertz CT molecular complexity index is 532. The molecule has 1 aromatic carbocycles. The van der Waals surface area contributed by atoms with Crippen molar-refractivity contribution in [3.63, 3.8) is 0 Å². The molecule has 0 amide bonds. The Kier molecular flexibility index (Phi) is 5.28. The van der Waals surface area contributed by atoms with E-state index in [1.165, 1.54) is 23.5 Å². The second-order valence-electron chi connectivity index (χ2n) is 4.64. The van der Waals surface area contributed by atoms with Crippen LogP contribution >= 0.6 is 0 Å². The van der Waals surface area contributed by atoms with Gasteiger partial charge in [-0.2, -0.15) is 0 Å². The predicted molar refractivity (Wildman–Crippen MR) is 73.8 cm³/mol. The van der Waals surface area contributed by atoms with Gasteiger partial charge < -0.3 is 10.6 Å². The van der Waals surface area contributed by atoms with E-state index in [2.05, 4.69) is 0 Å². The number of anilines is 1. The molecule has 0 aliphatic heterocycles. The SMILES string of the molecule is CN(C)CCCN(C)S(=O)(=O)c1cccc(F)c1N. The Balaban J connectivity index is 2.88. The number of benzene rings is 1. The molecule has 1 aromatic rings. The molecular formula is C12H20FN3O2S. The first kappa shape index (κ1) is 15.9. The van der Waals surface area contributed by atoms with Crippen molar-refractivity contribution < 1.29 is 12.8 Å². The fourth-order valence-electron chi connectivity index (χ4n) is 1.64. The second kappa shape index (κ2) is 6.31. The minimum absolute atomic E-state index is 0.181. The highest BCUT2D eigenvalue weighted by molar-refractivity contribution is 7.89. The van der Waals surface area contributed by atoms with Gasteiger partial charge in [0.05, 0.1) is 5.69 Å². The number of rotatable bonds is 6. The van der Waals surface area contributed by atoms with E-state index < -0.39 is 15.8 Å². The molecule has 108 valence electrons. The maximum atomic E-state index is 13.3. The van der Waals surface area contributed by atoms with Crippen molar-refractivity contribution in [3.05, 3.63) is 24.0 Å². The lowest BCUT2D eigenvalue weighted by atomic mass is 10.3. The molecule has 5 nitrogen and oxygen atoms in total. The van der Waals surface area contributed by atoms with Gasteiger partial charge in [-0.05, 0) is 39.2 Å². The van der Waals surface area contributed by atoms with Gasteiger partial charge in [-0.3, -0.25) is 0 Å². The third-order valence-corrected chi connectivity index (χ3v) is 4.69. The lowest BCUT2D eigenvalue weighted by Gasteiger charge is -2.19. The van der Waals surface area contributed by atoms with Gasteiger partial charge in [0.2, 0.25) is 10.0 Å². The van der Waals surface area contributed by atoms with E-state index in [1.807, 2.05) is 19.0 Å². The van der Waals surface area contributed by atoms with E-state index >= 15 is 0 Å². The van der Waals surface area contributed by atoms with Gasteiger partial charge in [0.15, 0.2) is 0 Å². The van der Waals surface area contributed by atoms with Crippen LogP contribution in [-0.2, 0) is 10.0 Å². The molecular weight excluding hydrogens is 269 g/mol. The fourth-order valence-corrected chi connectivity index (χ4v) is 2.97. The summed E-state index contributed by atoms with van der Waals surface area (Å²) in [6, 6.07) is 3.79. The van der Waals surface area contributed by atoms with Crippen LogP contribution in [0.3, 0.4) is 0 Å². The standard InChI is InChI=1S/C12H20FN3O2S/c1-15(2)8-5-9-16(3)19(17,18)11-7-4-6-10(13)12(11)14/h4,6-7H,5,8-9,14H2,1-3H3. The minimum Gasteiger partial charge on any atom is -0.395 e. The first-order chi connectivity index (χ1) is 8.76. The zero-order chi connectivity index (χ0) is 14.6. The summed E-state index contributed by atoms with van der Waals surface area (Å²) < 4.78 is 39.0. The van der Waals surface area contributed by atoms with Gasteiger partial charge in [-0.1, -0.05) is 6.07 Å². The van der Waals surface area contributed by atoms with Crippen molar-refractivity contribution in [2.24, 2.45) is 0 Å². The number of para-hydroxylation sites is 1. The average molecular weight is 289 g/mol. The van der Waals surface area contributed by atoms with Crippen LogP contribution < -0.4 is 5.73 Å². The molecule has 0 saturated heterocycles. The molecule has 2 N–H and O–H groups in total. The summed E-state index contributed by atoms with van der Waals surface area (Å²) >= 11 is 0. The smallest absolute Gasteiger partial charge is 0.244 e. The summed E-state index contributed by atoms with van der Waals surface area (Å²) in [5.74, 6) is -0.720. The molecule has 0 fully saturated rings. The normalized spacial score (nSPS) is 12.3. The summed E-state index contributed by atoms with van der Waals surface area (Å²) in [6.07, 6.45) is 0.692. The Morgan fingerprint density at radius 3 is 2.42 bits per heavy atom. The molecule has 7 heteroatoms. The molecule has 0 unspecified atom stereocenters. The lowest BCUT2D eigenvalue weighted by Crippen LogP contribution is -2.30. The Morgan fingerprint density at radius 1 is 1.21 bits per heavy atom. The quantitative estimate of drug-likeness (QED) is 0.793. The largest absolute Gasteiger partial charge is 0.395 e. The van der Waals surface area contributed by atoms with Crippen molar-refractivity contribution in [2.75, 3.05) is 40.0 Å².